The Labute approximate surface area is 178 Å². The van der Waals surface area contributed by atoms with Crippen LogP contribution >= 0.6 is 0 Å². The van der Waals surface area contributed by atoms with E-state index in [0.29, 0.717) is 34.2 Å². The fourth-order valence-corrected chi connectivity index (χ4v) is 2.58. The van der Waals surface area contributed by atoms with Crippen LogP contribution in [-0.4, -0.2) is 26.2 Å². The quantitative estimate of drug-likeness (QED) is 0.254. The molecule has 0 fully saturated rings. The number of ether oxygens (including phenoxy) is 2. The molecule has 3 aromatic carbocycles. The number of non-ortho nitro benzene ring substituents is 1. The Balaban J connectivity index is 1.86. The summed E-state index contributed by atoms with van der Waals surface area (Å²) in [5.41, 5.74) is 2.97. The zero-order chi connectivity index (χ0) is 22.2. The van der Waals surface area contributed by atoms with Crippen molar-refractivity contribution in [3.05, 3.63) is 70.8 Å². The largest absolute Gasteiger partial charge is 0.494 e. The molecule has 0 saturated heterocycles. The van der Waals surface area contributed by atoms with Gasteiger partial charge in [0, 0.05) is 37.0 Å². The Morgan fingerprint density at radius 2 is 1.23 bits per heavy atom. The van der Waals surface area contributed by atoms with E-state index in [1.165, 1.54) is 38.5 Å². The highest BCUT2D eigenvalue weighted by Gasteiger charge is 2.11. The van der Waals surface area contributed by atoms with Crippen molar-refractivity contribution < 1.29 is 14.4 Å². The van der Waals surface area contributed by atoms with Crippen LogP contribution < -0.4 is 14.8 Å². The summed E-state index contributed by atoms with van der Waals surface area (Å²) in [6, 6.07) is 16.5. The second kappa shape index (κ2) is 9.92. The van der Waals surface area contributed by atoms with Gasteiger partial charge >= 0.3 is 0 Å². The molecule has 0 bridgehead atoms. The minimum absolute atomic E-state index is 0.0199. The van der Waals surface area contributed by atoms with Gasteiger partial charge in [-0.15, -0.1) is 10.2 Å². The third-order valence-corrected chi connectivity index (χ3v) is 4.24. The van der Waals surface area contributed by atoms with Crippen molar-refractivity contribution in [3.63, 3.8) is 0 Å². The van der Waals surface area contributed by atoms with Crippen molar-refractivity contribution in [1.29, 1.82) is 0 Å². The van der Waals surface area contributed by atoms with E-state index in [1.54, 1.807) is 12.1 Å². The normalized spacial score (nSPS) is 11.1. The third kappa shape index (κ3) is 5.38. The summed E-state index contributed by atoms with van der Waals surface area (Å²) in [4.78, 5) is 10.3. The first-order chi connectivity index (χ1) is 15.0. The monoisotopic (exact) mass is 420 g/mol. The molecule has 0 amide bonds. The van der Waals surface area contributed by atoms with Crippen molar-refractivity contribution >= 4 is 34.1 Å². The molecule has 0 aromatic heterocycles. The summed E-state index contributed by atoms with van der Waals surface area (Å²) in [6.07, 6.45) is 0. The van der Waals surface area contributed by atoms with Gasteiger partial charge in [0.05, 0.1) is 30.5 Å². The molecule has 0 unspecified atom stereocenters. The van der Waals surface area contributed by atoms with Crippen LogP contribution in [0.15, 0.2) is 81.1 Å². The van der Waals surface area contributed by atoms with Crippen LogP contribution in [0.5, 0.6) is 11.5 Å². The van der Waals surface area contributed by atoms with Crippen LogP contribution in [0.25, 0.3) is 0 Å². The van der Waals surface area contributed by atoms with E-state index in [9.17, 15) is 10.1 Å². The number of rotatable bonds is 8. The van der Waals surface area contributed by atoms with E-state index >= 15 is 0 Å². The first kappa shape index (κ1) is 21.4. The van der Waals surface area contributed by atoms with Crippen LogP contribution in [0.3, 0.4) is 0 Å². The van der Waals surface area contributed by atoms with Crippen molar-refractivity contribution in [2.45, 2.75) is 0 Å². The molecular formula is C21H20N6O4. The van der Waals surface area contributed by atoms with E-state index in [2.05, 4.69) is 25.8 Å². The number of nitrogens with one attached hydrogen (secondary N) is 1. The van der Waals surface area contributed by atoms with Crippen LogP contribution in [-0.2, 0) is 0 Å². The Hall–Kier alpha value is -4.34. The van der Waals surface area contributed by atoms with Crippen molar-refractivity contribution in [2.24, 2.45) is 20.5 Å². The van der Waals surface area contributed by atoms with E-state index < -0.39 is 4.92 Å². The number of azo groups is 2. The molecule has 0 radical (unpaired) electrons. The van der Waals surface area contributed by atoms with Crippen LogP contribution in [0, 0.1) is 10.1 Å². The van der Waals surface area contributed by atoms with Crippen LogP contribution in [0.1, 0.15) is 0 Å². The minimum Gasteiger partial charge on any atom is -0.494 e. The molecule has 31 heavy (non-hydrogen) atoms. The molecule has 0 heterocycles. The number of nitrogens with zero attached hydrogens (tertiary/aromatic N) is 5. The summed E-state index contributed by atoms with van der Waals surface area (Å²) in [5.74, 6) is 0.861. The lowest BCUT2D eigenvalue weighted by Crippen LogP contribution is -1.88. The number of anilines is 1. The average Bonchev–Trinajstić information content (AvgIpc) is 2.81. The van der Waals surface area contributed by atoms with Gasteiger partial charge in [-0.2, -0.15) is 10.2 Å². The number of hydrogen-bond acceptors (Lipinski definition) is 9. The predicted molar refractivity (Wildman–Crippen MR) is 117 cm³/mol. The summed E-state index contributed by atoms with van der Waals surface area (Å²) < 4.78 is 10.8. The molecule has 3 aromatic rings. The Morgan fingerprint density at radius 1 is 0.774 bits per heavy atom. The molecule has 0 saturated carbocycles. The highest BCUT2D eigenvalue weighted by molar-refractivity contribution is 5.66. The highest BCUT2D eigenvalue weighted by Crippen LogP contribution is 2.41. The van der Waals surface area contributed by atoms with Gasteiger partial charge in [-0.05, 0) is 36.4 Å². The second-order valence-electron chi connectivity index (χ2n) is 6.17. The lowest BCUT2D eigenvalue weighted by atomic mass is 10.2. The molecule has 10 nitrogen and oxygen atoms in total. The number of hydrogen-bond donors (Lipinski definition) is 1. The van der Waals surface area contributed by atoms with E-state index in [-0.39, 0.29) is 5.69 Å². The molecule has 1 N–H and O–H groups in total. The molecular weight excluding hydrogens is 400 g/mol. The third-order valence-electron chi connectivity index (χ3n) is 4.24. The summed E-state index contributed by atoms with van der Waals surface area (Å²) in [7, 11) is 4.86. The average molecular weight is 420 g/mol. The van der Waals surface area contributed by atoms with E-state index in [4.69, 9.17) is 9.47 Å². The Morgan fingerprint density at radius 3 is 1.61 bits per heavy atom. The first-order valence-corrected chi connectivity index (χ1v) is 9.16. The van der Waals surface area contributed by atoms with Crippen molar-refractivity contribution in [1.82, 2.24) is 0 Å². The molecule has 10 heteroatoms. The fraction of sp³-hybridized carbons (Fsp3) is 0.143. The summed E-state index contributed by atoms with van der Waals surface area (Å²) >= 11 is 0. The molecule has 0 atom stereocenters. The van der Waals surface area contributed by atoms with Gasteiger partial charge < -0.3 is 14.8 Å². The maximum absolute atomic E-state index is 10.8. The first-order valence-electron chi connectivity index (χ1n) is 9.16. The molecule has 0 spiro atoms. The minimum atomic E-state index is -0.475. The maximum atomic E-state index is 10.8. The second-order valence-corrected chi connectivity index (χ2v) is 6.17. The predicted octanol–water partition coefficient (Wildman–Crippen LogP) is 6.48. The molecule has 0 aliphatic carbocycles. The summed E-state index contributed by atoms with van der Waals surface area (Å²) in [5, 5.41) is 30.6. The lowest BCUT2D eigenvalue weighted by molar-refractivity contribution is -0.384. The molecule has 0 aliphatic rings. The highest BCUT2D eigenvalue weighted by atomic mass is 16.6. The zero-order valence-electron chi connectivity index (χ0n) is 17.1. The fourth-order valence-electron chi connectivity index (χ4n) is 2.58. The number of nitro benzene ring substituents is 1. The molecule has 0 aliphatic heterocycles. The van der Waals surface area contributed by atoms with Gasteiger partial charge in [-0.25, -0.2) is 0 Å². The molecule has 3 rings (SSSR count). The number of methoxy groups -OCH3 is 2. The zero-order valence-corrected chi connectivity index (χ0v) is 17.1. The lowest BCUT2D eigenvalue weighted by Gasteiger charge is -2.09. The standard InChI is InChI=1S/C21H20N6O4/c1-22-14-4-6-15(7-5-14)23-25-18-12-21(31-3)19(13-20(18)30-2)26-24-16-8-10-17(11-9-16)27(28)29/h4-13,22H,1-3H3. The van der Waals surface area contributed by atoms with Gasteiger partial charge in [0.25, 0.3) is 5.69 Å². The van der Waals surface area contributed by atoms with E-state index in [0.717, 1.165) is 5.69 Å². The van der Waals surface area contributed by atoms with Gasteiger partial charge in [0.15, 0.2) is 0 Å². The Kier molecular flexibility index (Phi) is 6.84. The Bertz CT molecular complexity index is 1110. The summed E-state index contributed by atoms with van der Waals surface area (Å²) in [6.45, 7) is 0. The molecule has 158 valence electrons. The van der Waals surface area contributed by atoms with Gasteiger partial charge in [0.2, 0.25) is 0 Å². The van der Waals surface area contributed by atoms with Gasteiger partial charge in [-0.3, -0.25) is 10.1 Å². The smallest absolute Gasteiger partial charge is 0.269 e. The van der Waals surface area contributed by atoms with Crippen LogP contribution in [0.2, 0.25) is 0 Å². The topological polar surface area (TPSA) is 123 Å². The van der Waals surface area contributed by atoms with Gasteiger partial charge in [0.1, 0.15) is 22.9 Å². The SMILES string of the molecule is CNc1ccc(N=Nc2cc(OC)c(N=Nc3ccc([N+](=O)[O-])cc3)cc2OC)cc1. The maximum Gasteiger partial charge on any atom is 0.269 e. The van der Waals surface area contributed by atoms with Gasteiger partial charge in [-0.1, -0.05) is 0 Å². The number of nitro groups is 1. The van der Waals surface area contributed by atoms with E-state index in [1.807, 2.05) is 31.3 Å². The van der Waals surface area contributed by atoms with Crippen molar-refractivity contribution in [2.75, 3.05) is 26.6 Å². The van der Waals surface area contributed by atoms with Crippen molar-refractivity contribution in [3.8, 4) is 11.5 Å². The van der Waals surface area contributed by atoms with Crippen LogP contribution in [0.4, 0.5) is 34.1 Å². The number of benzene rings is 3.